The fourth-order valence-electron chi connectivity index (χ4n) is 2.06. The van der Waals surface area contributed by atoms with Crippen LogP contribution in [-0.4, -0.2) is 35.1 Å². The van der Waals surface area contributed by atoms with Gasteiger partial charge < -0.3 is 19.9 Å². The van der Waals surface area contributed by atoms with Gasteiger partial charge in [0.2, 0.25) is 0 Å². The first-order chi connectivity index (χ1) is 10.6. The monoisotopic (exact) mass is 305 g/mol. The highest BCUT2D eigenvalue weighted by atomic mass is 16.5. The van der Waals surface area contributed by atoms with Gasteiger partial charge in [0.25, 0.3) is 0 Å². The fourth-order valence-corrected chi connectivity index (χ4v) is 2.06. The van der Waals surface area contributed by atoms with Crippen molar-refractivity contribution >= 4 is 11.7 Å². The first-order valence-corrected chi connectivity index (χ1v) is 6.84. The molecule has 0 fully saturated rings. The maximum atomic E-state index is 11.2. The molecule has 0 unspecified atom stereocenters. The second kappa shape index (κ2) is 6.84. The van der Waals surface area contributed by atoms with E-state index in [0.717, 1.165) is 5.56 Å². The van der Waals surface area contributed by atoms with Crippen LogP contribution in [0.4, 0.5) is 5.69 Å². The molecule has 0 saturated carbocycles. The Kier molecular flexibility index (Phi) is 4.88. The summed E-state index contributed by atoms with van der Waals surface area (Å²) >= 11 is 0. The van der Waals surface area contributed by atoms with Crippen LogP contribution in [0.2, 0.25) is 0 Å². The number of rotatable bonds is 7. The van der Waals surface area contributed by atoms with Crippen molar-refractivity contribution < 1.29 is 19.4 Å². The van der Waals surface area contributed by atoms with Crippen LogP contribution >= 0.6 is 0 Å². The van der Waals surface area contributed by atoms with Gasteiger partial charge in [-0.05, 0) is 19.1 Å². The summed E-state index contributed by atoms with van der Waals surface area (Å²) in [5.74, 6) is 0.314. The van der Waals surface area contributed by atoms with Crippen molar-refractivity contribution in [2.75, 3.05) is 19.5 Å². The molecule has 0 saturated heterocycles. The summed E-state index contributed by atoms with van der Waals surface area (Å²) in [6, 6.07) is 5.48. The van der Waals surface area contributed by atoms with Gasteiger partial charge in [-0.25, -0.2) is 4.79 Å². The number of hydrogen-bond acceptors (Lipinski definition) is 5. The Labute approximate surface area is 128 Å². The van der Waals surface area contributed by atoms with E-state index in [1.165, 1.54) is 0 Å². The highest BCUT2D eigenvalue weighted by molar-refractivity contribution is 5.91. The molecule has 118 valence electrons. The van der Waals surface area contributed by atoms with Crippen LogP contribution in [0.15, 0.2) is 24.4 Å². The molecule has 0 bridgehead atoms. The maximum Gasteiger partial charge on any atom is 0.358 e. The number of carboxylic acid groups (broad SMARTS) is 1. The fraction of sp³-hybridized carbons (Fsp3) is 0.333. The molecule has 0 aliphatic heterocycles. The van der Waals surface area contributed by atoms with Crippen LogP contribution in [0.1, 0.15) is 23.0 Å². The third-order valence-electron chi connectivity index (χ3n) is 3.25. The Bertz CT molecular complexity index is 667. The molecule has 7 heteroatoms. The van der Waals surface area contributed by atoms with Gasteiger partial charge in [0.15, 0.2) is 5.69 Å². The molecule has 1 heterocycles. The van der Waals surface area contributed by atoms with Crippen molar-refractivity contribution in [2.24, 2.45) is 0 Å². The third-order valence-corrected chi connectivity index (χ3v) is 3.25. The number of benzene rings is 1. The average molecular weight is 305 g/mol. The van der Waals surface area contributed by atoms with Gasteiger partial charge in [0.1, 0.15) is 11.5 Å². The predicted molar refractivity (Wildman–Crippen MR) is 81.7 cm³/mol. The van der Waals surface area contributed by atoms with E-state index >= 15 is 0 Å². The lowest BCUT2D eigenvalue weighted by Gasteiger charge is -2.11. The largest absolute Gasteiger partial charge is 0.497 e. The molecule has 0 amide bonds. The van der Waals surface area contributed by atoms with Gasteiger partial charge in [0.05, 0.1) is 19.9 Å². The Morgan fingerprint density at radius 3 is 2.73 bits per heavy atom. The zero-order chi connectivity index (χ0) is 16.1. The summed E-state index contributed by atoms with van der Waals surface area (Å²) in [7, 11) is 3.17. The minimum Gasteiger partial charge on any atom is -0.497 e. The standard InChI is InChI=1S/C15H19N3O4/c1-4-18-9-12(14(17-18)15(19)20)16-8-10-5-6-11(21-2)7-13(10)22-3/h5-7,9,16H,4,8H2,1-3H3,(H,19,20). The normalized spacial score (nSPS) is 10.3. The number of nitrogens with one attached hydrogen (secondary N) is 1. The summed E-state index contributed by atoms with van der Waals surface area (Å²) in [6.07, 6.45) is 1.68. The number of carboxylic acids is 1. The topological polar surface area (TPSA) is 85.6 Å². The van der Waals surface area contributed by atoms with E-state index < -0.39 is 5.97 Å². The third kappa shape index (κ3) is 3.30. The molecule has 2 aromatic rings. The second-order valence-corrected chi connectivity index (χ2v) is 4.58. The van der Waals surface area contributed by atoms with E-state index in [9.17, 15) is 9.90 Å². The number of aromatic nitrogens is 2. The quantitative estimate of drug-likeness (QED) is 0.816. The lowest BCUT2D eigenvalue weighted by atomic mass is 10.2. The van der Waals surface area contributed by atoms with Crippen molar-refractivity contribution in [3.8, 4) is 11.5 Å². The van der Waals surface area contributed by atoms with Crippen molar-refractivity contribution in [2.45, 2.75) is 20.0 Å². The summed E-state index contributed by atoms with van der Waals surface area (Å²) < 4.78 is 12.1. The Morgan fingerprint density at radius 2 is 2.14 bits per heavy atom. The minimum absolute atomic E-state index is 0.00864. The van der Waals surface area contributed by atoms with Gasteiger partial charge in [-0.2, -0.15) is 5.10 Å². The van der Waals surface area contributed by atoms with Crippen LogP contribution in [0, 0.1) is 0 Å². The molecule has 7 nitrogen and oxygen atoms in total. The minimum atomic E-state index is -1.06. The molecule has 2 N–H and O–H groups in total. The number of anilines is 1. The molecule has 0 aliphatic rings. The van der Waals surface area contributed by atoms with Crippen LogP contribution in [0.3, 0.4) is 0 Å². The molecule has 0 spiro atoms. The van der Waals surface area contributed by atoms with Crippen LogP contribution in [-0.2, 0) is 13.1 Å². The molecule has 2 rings (SSSR count). The van der Waals surface area contributed by atoms with E-state index in [4.69, 9.17) is 9.47 Å². The van der Waals surface area contributed by atoms with E-state index in [0.29, 0.717) is 30.3 Å². The molecular formula is C15H19N3O4. The molecule has 0 aliphatic carbocycles. The number of ether oxygens (including phenoxy) is 2. The van der Waals surface area contributed by atoms with E-state index in [-0.39, 0.29) is 5.69 Å². The zero-order valence-electron chi connectivity index (χ0n) is 12.8. The van der Waals surface area contributed by atoms with Crippen molar-refractivity contribution in [3.05, 3.63) is 35.7 Å². The Balaban J connectivity index is 2.19. The van der Waals surface area contributed by atoms with Crippen molar-refractivity contribution in [1.29, 1.82) is 0 Å². The number of nitrogens with zero attached hydrogens (tertiary/aromatic N) is 2. The number of hydrogen-bond donors (Lipinski definition) is 2. The summed E-state index contributed by atoms with van der Waals surface area (Å²) in [5, 5.41) is 16.3. The van der Waals surface area contributed by atoms with E-state index in [1.54, 1.807) is 31.2 Å². The Hall–Kier alpha value is -2.70. The molecular weight excluding hydrogens is 286 g/mol. The molecule has 0 radical (unpaired) electrons. The number of carbonyl (C=O) groups is 1. The van der Waals surface area contributed by atoms with Crippen LogP contribution < -0.4 is 14.8 Å². The molecule has 0 atom stereocenters. The Morgan fingerprint density at radius 1 is 1.36 bits per heavy atom. The van der Waals surface area contributed by atoms with Gasteiger partial charge in [-0.3, -0.25) is 4.68 Å². The van der Waals surface area contributed by atoms with E-state index in [1.807, 2.05) is 19.1 Å². The summed E-state index contributed by atoms with van der Waals surface area (Å²) in [5.41, 5.74) is 1.38. The zero-order valence-corrected chi connectivity index (χ0v) is 12.8. The number of aryl methyl sites for hydroxylation is 1. The molecule has 1 aromatic heterocycles. The summed E-state index contributed by atoms with van der Waals surface area (Å²) in [4.78, 5) is 11.2. The SMILES string of the molecule is CCn1cc(NCc2ccc(OC)cc2OC)c(C(=O)O)n1. The van der Waals surface area contributed by atoms with Gasteiger partial charge >= 0.3 is 5.97 Å². The maximum absolute atomic E-state index is 11.2. The average Bonchev–Trinajstić information content (AvgIpc) is 2.96. The summed E-state index contributed by atoms with van der Waals surface area (Å²) in [6.45, 7) is 2.92. The van der Waals surface area contributed by atoms with Gasteiger partial charge in [-0.15, -0.1) is 0 Å². The number of aromatic carboxylic acids is 1. The van der Waals surface area contributed by atoms with Gasteiger partial charge in [-0.1, -0.05) is 0 Å². The van der Waals surface area contributed by atoms with Crippen LogP contribution in [0.5, 0.6) is 11.5 Å². The van der Waals surface area contributed by atoms with Crippen LogP contribution in [0.25, 0.3) is 0 Å². The smallest absolute Gasteiger partial charge is 0.358 e. The van der Waals surface area contributed by atoms with E-state index in [2.05, 4.69) is 10.4 Å². The highest BCUT2D eigenvalue weighted by Gasteiger charge is 2.15. The predicted octanol–water partition coefficient (Wildman–Crippen LogP) is 2.23. The first-order valence-electron chi connectivity index (χ1n) is 6.84. The lowest BCUT2D eigenvalue weighted by molar-refractivity contribution is 0.0690. The van der Waals surface area contributed by atoms with Gasteiger partial charge in [0, 0.05) is 30.9 Å². The van der Waals surface area contributed by atoms with Crippen molar-refractivity contribution in [3.63, 3.8) is 0 Å². The highest BCUT2D eigenvalue weighted by Crippen LogP contribution is 2.25. The molecule has 22 heavy (non-hydrogen) atoms. The number of methoxy groups -OCH3 is 2. The first kappa shape index (κ1) is 15.7. The lowest BCUT2D eigenvalue weighted by Crippen LogP contribution is -2.06. The van der Waals surface area contributed by atoms with Crippen molar-refractivity contribution in [1.82, 2.24) is 9.78 Å². The second-order valence-electron chi connectivity index (χ2n) is 4.58. The molecule has 1 aromatic carbocycles.